The summed E-state index contributed by atoms with van der Waals surface area (Å²) in [6, 6.07) is 6.32. The zero-order valence-electron chi connectivity index (χ0n) is 20.6. The van der Waals surface area contributed by atoms with Crippen LogP contribution in [0, 0.1) is 18.8 Å². The fourth-order valence-electron chi connectivity index (χ4n) is 3.52. The summed E-state index contributed by atoms with van der Waals surface area (Å²) in [4.78, 5) is 11.5. The van der Waals surface area contributed by atoms with Crippen LogP contribution in [0.25, 0.3) is 11.1 Å². The van der Waals surface area contributed by atoms with Gasteiger partial charge in [-0.3, -0.25) is 4.79 Å². The first-order chi connectivity index (χ1) is 17.4. The van der Waals surface area contributed by atoms with E-state index in [9.17, 15) is 37.0 Å². The van der Waals surface area contributed by atoms with Crippen molar-refractivity contribution in [3.05, 3.63) is 59.7 Å². The van der Waals surface area contributed by atoms with Gasteiger partial charge in [0.05, 0.1) is 18.8 Å². The van der Waals surface area contributed by atoms with Gasteiger partial charge in [0, 0.05) is 12.1 Å². The third-order valence-corrected chi connectivity index (χ3v) is 4.91. The lowest BCUT2D eigenvalue weighted by molar-refractivity contribution is -0.274. The van der Waals surface area contributed by atoms with Crippen molar-refractivity contribution in [1.82, 2.24) is 5.32 Å². The summed E-state index contributed by atoms with van der Waals surface area (Å²) >= 11 is 0. The molecule has 2 aromatic carbocycles. The Hall–Kier alpha value is -3.62. The zero-order valence-corrected chi connectivity index (χ0v) is 20.6. The number of anilines is 1. The van der Waals surface area contributed by atoms with Crippen molar-refractivity contribution in [3.8, 4) is 28.7 Å². The molecule has 3 N–H and O–H groups in total. The molecule has 0 aromatic heterocycles. The maximum absolute atomic E-state index is 14.1. The first kappa shape index (κ1) is 31.4. The predicted octanol–water partition coefficient (Wildman–Crippen LogP) is 5.08. The second-order valence-electron chi connectivity index (χ2n) is 7.48. The third kappa shape index (κ3) is 9.08. The van der Waals surface area contributed by atoms with Crippen LogP contribution in [-0.2, 0) is 11.3 Å². The number of hydrogen-bond acceptors (Lipinski definition) is 5. The Bertz CT molecular complexity index is 1090. The smallest absolute Gasteiger partial charge is 0.406 e. The molecule has 0 saturated carbocycles. The number of carbonyl (C=O) groups excluding carboxylic acids is 1. The molecule has 0 heterocycles. The molecule has 1 unspecified atom stereocenters. The molecule has 202 valence electrons. The summed E-state index contributed by atoms with van der Waals surface area (Å²) in [5.41, 5.74) is 1.11. The number of aliphatic hydroxyl groups is 2. The molecule has 2 aromatic rings. The summed E-state index contributed by atoms with van der Waals surface area (Å²) in [7, 11) is 0. The lowest BCUT2D eigenvalue weighted by Crippen LogP contribution is -2.32. The molecule has 0 radical (unpaired) electrons. The second kappa shape index (κ2) is 14.8. The highest BCUT2D eigenvalue weighted by molar-refractivity contribution is 5.79. The normalized spacial score (nSPS) is 11.4. The van der Waals surface area contributed by atoms with Gasteiger partial charge in [0.1, 0.15) is 11.9 Å². The van der Waals surface area contributed by atoms with Gasteiger partial charge in [0.15, 0.2) is 0 Å². The quantitative estimate of drug-likeness (QED) is 0.132. The molecule has 0 aliphatic rings. The van der Waals surface area contributed by atoms with E-state index in [1.54, 1.807) is 6.08 Å². The summed E-state index contributed by atoms with van der Waals surface area (Å²) in [6.45, 7) is 3.85. The average molecular weight is 529 g/mol. The van der Waals surface area contributed by atoms with Crippen molar-refractivity contribution in [2.45, 2.75) is 46.3 Å². The molecule has 0 spiro atoms. The molecule has 11 heteroatoms. The lowest BCUT2D eigenvalue weighted by Gasteiger charge is -2.31. The van der Waals surface area contributed by atoms with Gasteiger partial charge < -0.3 is 25.2 Å². The molecular weight excluding hydrogens is 499 g/mol. The minimum Gasteiger partial charge on any atom is -0.406 e. The maximum atomic E-state index is 14.1. The number of halogens is 5. The van der Waals surface area contributed by atoms with E-state index in [2.05, 4.69) is 28.5 Å². The van der Waals surface area contributed by atoms with Gasteiger partial charge in [-0.15, -0.1) is 25.7 Å². The number of aliphatic hydroxyl groups excluding tert-OH is 2. The maximum Gasteiger partial charge on any atom is 0.573 e. The number of ether oxygens (including phenoxy) is 1. The van der Waals surface area contributed by atoms with Gasteiger partial charge in [-0.05, 0) is 61.2 Å². The number of benzene rings is 2. The Balaban J connectivity index is 0.00000217. The number of amides is 1. The molecule has 2 rings (SSSR count). The Morgan fingerprint density at radius 2 is 1.84 bits per heavy atom. The highest BCUT2D eigenvalue weighted by atomic mass is 19.4. The Labute approximate surface area is 212 Å². The standard InChI is InChI=1S/C23H23F5N2O4.C3H6/c1-3-4-9-30(22(24)25)21-14(2)18(10-16(11-29-13-32)20(21)19(33)12-31)15-5-7-17(8-6-15)34-23(26,27)28;1-3-2/h5-8,10,13,19,22,31,33H,9,11-12H2,1-2H3,(H,29,32);3H,1H2,2H3. The molecular formula is C26H29F5N2O4. The SMILES string of the molecule is C=CC.CC#CCN(c1c(C)c(-c2ccc(OC(F)(F)F)cc2)cc(CNC=O)c1C(O)CO)C(F)F. The van der Waals surface area contributed by atoms with Crippen LogP contribution < -0.4 is 15.0 Å². The third-order valence-electron chi connectivity index (χ3n) is 4.91. The summed E-state index contributed by atoms with van der Waals surface area (Å²) in [5.74, 6) is 4.61. The monoisotopic (exact) mass is 528 g/mol. The van der Waals surface area contributed by atoms with E-state index in [0.717, 1.165) is 12.1 Å². The lowest BCUT2D eigenvalue weighted by atomic mass is 9.89. The Morgan fingerprint density at radius 3 is 2.30 bits per heavy atom. The van der Waals surface area contributed by atoms with E-state index in [1.807, 2.05) is 6.92 Å². The first-order valence-corrected chi connectivity index (χ1v) is 11.0. The van der Waals surface area contributed by atoms with Crippen LogP contribution in [0.4, 0.5) is 27.6 Å². The van der Waals surface area contributed by atoms with Crippen molar-refractivity contribution < 1.29 is 41.7 Å². The number of rotatable bonds is 10. The molecule has 1 atom stereocenters. The Kier molecular flexibility index (Phi) is 12.6. The predicted molar refractivity (Wildman–Crippen MR) is 131 cm³/mol. The van der Waals surface area contributed by atoms with Gasteiger partial charge in [-0.25, -0.2) is 0 Å². The van der Waals surface area contributed by atoms with Crippen LogP contribution in [0.3, 0.4) is 0 Å². The average Bonchev–Trinajstić information content (AvgIpc) is 2.83. The van der Waals surface area contributed by atoms with E-state index in [0.29, 0.717) is 22.4 Å². The summed E-state index contributed by atoms with van der Waals surface area (Å²) < 4.78 is 69.5. The van der Waals surface area contributed by atoms with Gasteiger partial charge in [0.25, 0.3) is 0 Å². The highest BCUT2D eigenvalue weighted by Gasteiger charge is 2.31. The van der Waals surface area contributed by atoms with E-state index in [-0.39, 0.29) is 28.9 Å². The zero-order chi connectivity index (χ0) is 28.2. The molecule has 1 amide bonds. The number of hydrogen-bond donors (Lipinski definition) is 3. The molecule has 37 heavy (non-hydrogen) atoms. The minimum absolute atomic E-state index is 0.0201. The van der Waals surface area contributed by atoms with Crippen LogP contribution in [0.1, 0.15) is 36.6 Å². The molecule has 0 aliphatic carbocycles. The van der Waals surface area contributed by atoms with Crippen molar-refractivity contribution in [2.24, 2.45) is 0 Å². The van der Waals surface area contributed by atoms with Crippen molar-refractivity contribution in [2.75, 3.05) is 18.1 Å². The van der Waals surface area contributed by atoms with Crippen LogP contribution in [0.15, 0.2) is 43.0 Å². The van der Waals surface area contributed by atoms with Gasteiger partial charge in [-0.1, -0.05) is 24.1 Å². The van der Waals surface area contributed by atoms with E-state index < -0.39 is 37.9 Å². The number of allylic oxidation sites excluding steroid dienone is 1. The van der Waals surface area contributed by atoms with Crippen LogP contribution in [-0.4, -0.2) is 42.7 Å². The molecule has 0 bridgehead atoms. The van der Waals surface area contributed by atoms with Crippen LogP contribution in [0.5, 0.6) is 5.75 Å². The first-order valence-electron chi connectivity index (χ1n) is 11.0. The van der Waals surface area contributed by atoms with E-state index in [1.165, 1.54) is 32.0 Å². The van der Waals surface area contributed by atoms with Crippen LogP contribution >= 0.6 is 0 Å². The second-order valence-corrected chi connectivity index (χ2v) is 7.48. The molecule has 0 saturated heterocycles. The van der Waals surface area contributed by atoms with Crippen LogP contribution in [0.2, 0.25) is 0 Å². The molecule has 6 nitrogen and oxygen atoms in total. The number of alkyl halides is 5. The van der Waals surface area contributed by atoms with Gasteiger partial charge >= 0.3 is 12.9 Å². The summed E-state index contributed by atoms with van der Waals surface area (Å²) in [5, 5.41) is 22.5. The van der Waals surface area contributed by atoms with E-state index in [4.69, 9.17) is 0 Å². The van der Waals surface area contributed by atoms with Gasteiger partial charge in [0.2, 0.25) is 6.41 Å². The van der Waals surface area contributed by atoms with E-state index >= 15 is 0 Å². The topological polar surface area (TPSA) is 82.0 Å². The number of nitrogens with one attached hydrogen (secondary N) is 1. The van der Waals surface area contributed by atoms with Crippen molar-refractivity contribution in [1.29, 1.82) is 0 Å². The Morgan fingerprint density at radius 1 is 1.24 bits per heavy atom. The number of carbonyl (C=O) groups is 1. The fourth-order valence-corrected chi connectivity index (χ4v) is 3.52. The largest absolute Gasteiger partial charge is 0.573 e. The number of nitrogens with zero attached hydrogens (tertiary/aromatic N) is 1. The molecule has 0 aliphatic heterocycles. The minimum atomic E-state index is -4.88. The highest BCUT2D eigenvalue weighted by Crippen LogP contribution is 2.41. The molecule has 0 fully saturated rings. The summed E-state index contributed by atoms with van der Waals surface area (Å²) in [6.07, 6.45) is -4.30. The fraction of sp³-hybridized carbons (Fsp3) is 0.346. The van der Waals surface area contributed by atoms with Crippen molar-refractivity contribution in [3.63, 3.8) is 0 Å². The van der Waals surface area contributed by atoms with Crippen molar-refractivity contribution >= 4 is 12.1 Å². The van der Waals surface area contributed by atoms with Gasteiger partial charge in [-0.2, -0.15) is 8.78 Å².